The van der Waals surface area contributed by atoms with Gasteiger partial charge in [-0.25, -0.2) is 13.2 Å². The normalized spacial score (nSPS) is 23.3. The summed E-state index contributed by atoms with van der Waals surface area (Å²) in [4.78, 5) is 11.3. The first kappa shape index (κ1) is 14.4. The molecule has 0 saturated heterocycles. The van der Waals surface area contributed by atoms with Crippen molar-refractivity contribution in [1.29, 1.82) is 0 Å². The molecule has 2 N–H and O–H groups in total. The molecule has 1 aromatic carbocycles. The van der Waals surface area contributed by atoms with Crippen molar-refractivity contribution in [3.05, 3.63) is 23.3 Å². The monoisotopic (exact) mass is 310 g/mol. The van der Waals surface area contributed by atoms with E-state index in [1.165, 1.54) is 19.9 Å². The van der Waals surface area contributed by atoms with Crippen LogP contribution in [0.4, 0.5) is 0 Å². The van der Waals surface area contributed by atoms with E-state index < -0.39 is 28.2 Å². The van der Waals surface area contributed by atoms with Gasteiger partial charge in [-0.2, -0.15) is 0 Å². The fourth-order valence-corrected chi connectivity index (χ4v) is 4.02. The lowest BCUT2D eigenvalue weighted by molar-refractivity contribution is 0.0690. The predicted octanol–water partition coefficient (Wildman–Crippen LogP) is 1.30. The van der Waals surface area contributed by atoms with E-state index in [1.54, 1.807) is 6.07 Å². The average Bonchev–Trinajstić information content (AvgIpc) is 3.17. The fraction of sp³-hybridized carbons (Fsp3) is 0.462. The summed E-state index contributed by atoms with van der Waals surface area (Å²) in [6, 6.07) is 2.95. The van der Waals surface area contributed by atoms with Gasteiger partial charge in [0, 0.05) is 5.82 Å². The molecule has 0 spiro atoms. The minimum absolute atomic E-state index is 0.00419. The zero-order chi connectivity index (χ0) is 15.5. The number of benzene rings is 1. The standard InChI is InChI=1S/C13H15BO6S/c1-6(2)21(18,19)10-4-3-7-8-5-9(8)14(17)20-12(7)11(10)13(15)16/h3-4,6,8-9,17H,5H2,1-2H3,(H,15,16). The number of carboxylic acid groups (broad SMARTS) is 1. The lowest BCUT2D eigenvalue weighted by atomic mass is 9.77. The SMILES string of the molecule is CC(C)S(=O)(=O)c1ccc2c(c1C(=O)O)OB(O)C1CC21. The van der Waals surface area contributed by atoms with E-state index in [0.29, 0.717) is 5.56 Å². The minimum Gasteiger partial charge on any atom is -0.535 e. The van der Waals surface area contributed by atoms with E-state index in [2.05, 4.69) is 0 Å². The van der Waals surface area contributed by atoms with Crippen molar-refractivity contribution in [3.8, 4) is 5.75 Å². The number of hydrogen-bond acceptors (Lipinski definition) is 5. The Bertz CT molecular complexity index is 726. The van der Waals surface area contributed by atoms with E-state index >= 15 is 0 Å². The maximum absolute atomic E-state index is 12.3. The van der Waals surface area contributed by atoms with Gasteiger partial charge in [0.05, 0.1) is 10.1 Å². The highest BCUT2D eigenvalue weighted by Crippen LogP contribution is 2.60. The van der Waals surface area contributed by atoms with Crippen LogP contribution in [0.2, 0.25) is 5.82 Å². The number of carbonyl (C=O) groups is 1. The molecule has 21 heavy (non-hydrogen) atoms. The van der Waals surface area contributed by atoms with Gasteiger partial charge in [0.15, 0.2) is 9.84 Å². The van der Waals surface area contributed by atoms with Gasteiger partial charge in [0.1, 0.15) is 11.3 Å². The molecule has 1 aromatic rings. The fourth-order valence-electron chi connectivity index (χ4n) is 2.79. The number of sulfone groups is 1. The van der Waals surface area contributed by atoms with Crippen LogP contribution in [0.1, 0.15) is 42.1 Å². The molecule has 2 atom stereocenters. The second-order valence-corrected chi connectivity index (χ2v) is 8.24. The van der Waals surface area contributed by atoms with Gasteiger partial charge >= 0.3 is 13.1 Å². The second kappa shape index (κ2) is 4.48. The van der Waals surface area contributed by atoms with Crippen LogP contribution in [0.15, 0.2) is 17.0 Å². The van der Waals surface area contributed by atoms with Crippen LogP contribution < -0.4 is 4.65 Å². The highest BCUT2D eigenvalue weighted by atomic mass is 32.2. The maximum Gasteiger partial charge on any atom is 0.526 e. The lowest BCUT2D eigenvalue weighted by Gasteiger charge is -2.23. The quantitative estimate of drug-likeness (QED) is 0.816. The smallest absolute Gasteiger partial charge is 0.526 e. The summed E-state index contributed by atoms with van der Waals surface area (Å²) in [5.41, 5.74) is 0.302. The van der Waals surface area contributed by atoms with E-state index in [4.69, 9.17) is 4.65 Å². The van der Waals surface area contributed by atoms with Crippen molar-refractivity contribution in [3.63, 3.8) is 0 Å². The molecule has 1 fully saturated rings. The van der Waals surface area contributed by atoms with Crippen molar-refractivity contribution >= 4 is 22.9 Å². The first-order valence-electron chi connectivity index (χ1n) is 6.74. The number of hydrogen-bond donors (Lipinski definition) is 2. The molecule has 0 bridgehead atoms. The molecule has 0 amide bonds. The highest BCUT2D eigenvalue weighted by Gasteiger charge is 2.54. The summed E-state index contributed by atoms with van der Waals surface area (Å²) in [7, 11) is -4.82. The van der Waals surface area contributed by atoms with Crippen LogP contribution in [0.3, 0.4) is 0 Å². The van der Waals surface area contributed by atoms with Crippen molar-refractivity contribution < 1.29 is 28.0 Å². The van der Waals surface area contributed by atoms with Crippen LogP contribution in [-0.4, -0.2) is 36.9 Å². The van der Waals surface area contributed by atoms with Gasteiger partial charge in [0.25, 0.3) is 0 Å². The number of aromatic carboxylic acids is 1. The summed E-state index contributed by atoms with van der Waals surface area (Å²) in [6.45, 7) is 2.99. The van der Waals surface area contributed by atoms with Crippen molar-refractivity contribution in [2.24, 2.45) is 0 Å². The predicted molar refractivity (Wildman–Crippen MR) is 75.4 cm³/mol. The molecule has 1 aliphatic heterocycles. The molecule has 3 rings (SSSR count). The van der Waals surface area contributed by atoms with Gasteiger partial charge in [0.2, 0.25) is 0 Å². The summed E-state index contributed by atoms with van der Waals surface area (Å²) < 4.78 is 30.0. The largest absolute Gasteiger partial charge is 0.535 e. The molecule has 1 saturated carbocycles. The van der Waals surface area contributed by atoms with Crippen LogP contribution in [0, 0.1) is 0 Å². The zero-order valence-corrected chi connectivity index (χ0v) is 12.4. The zero-order valence-electron chi connectivity index (χ0n) is 11.6. The molecule has 0 aromatic heterocycles. The summed E-state index contributed by atoms with van der Waals surface area (Å²) in [5, 5.41) is 18.5. The Morgan fingerprint density at radius 3 is 2.67 bits per heavy atom. The Hall–Kier alpha value is -1.54. The Morgan fingerprint density at radius 2 is 2.10 bits per heavy atom. The van der Waals surface area contributed by atoms with Gasteiger partial charge in [-0.15, -0.1) is 0 Å². The Morgan fingerprint density at radius 1 is 1.43 bits per heavy atom. The molecule has 1 heterocycles. The van der Waals surface area contributed by atoms with Gasteiger partial charge in [-0.05, 0) is 37.8 Å². The Labute approximate surface area is 122 Å². The van der Waals surface area contributed by atoms with E-state index in [1.807, 2.05) is 0 Å². The molecule has 2 aliphatic rings. The topological polar surface area (TPSA) is 101 Å². The first-order valence-corrected chi connectivity index (χ1v) is 8.28. The third kappa shape index (κ3) is 2.05. The van der Waals surface area contributed by atoms with Crippen LogP contribution in [-0.2, 0) is 9.84 Å². The Balaban J connectivity index is 2.25. The molecule has 112 valence electrons. The van der Waals surface area contributed by atoms with E-state index in [-0.39, 0.29) is 27.9 Å². The molecule has 2 unspecified atom stereocenters. The third-order valence-corrected chi connectivity index (χ3v) is 6.33. The Kier molecular flexibility index (Phi) is 3.07. The third-order valence-electron chi connectivity index (χ3n) is 4.14. The number of carboxylic acids is 1. The number of rotatable bonds is 3. The average molecular weight is 310 g/mol. The van der Waals surface area contributed by atoms with Gasteiger partial charge in [-0.3, -0.25) is 0 Å². The molecular formula is C13H15BO6S. The lowest BCUT2D eigenvalue weighted by Crippen LogP contribution is -2.28. The highest BCUT2D eigenvalue weighted by molar-refractivity contribution is 7.92. The minimum atomic E-state index is -3.75. The molecule has 8 heteroatoms. The van der Waals surface area contributed by atoms with Crippen LogP contribution >= 0.6 is 0 Å². The molecular weight excluding hydrogens is 295 g/mol. The maximum atomic E-state index is 12.3. The first-order chi connectivity index (χ1) is 9.75. The number of fused-ring (bicyclic) bond motifs is 3. The van der Waals surface area contributed by atoms with Crippen molar-refractivity contribution in [2.75, 3.05) is 0 Å². The van der Waals surface area contributed by atoms with E-state index in [9.17, 15) is 23.3 Å². The van der Waals surface area contributed by atoms with E-state index in [0.717, 1.165) is 6.42 Å². The summed E-state index contributed by atoms with van der Waals surface area (Å²) in [6.07, 6.45) is 0.726. The van der Waals surface area contributed by atoms with Gasteiger partial charge in [-0.1, -0.05) is 6.07 Å². The van der Waals surface area contributed by atoms with Crippen LogP contribution in [0.25, 0.3) is 0 Å². The molecule has 6 nitrogen and oxygen atoms in total. The van der Waals surface area contributed by atoms with Gasteiger partial charge < -0.3 is 14.8 Å². The summed E-state index contributed by atoms with van der Waals surface area (Å²) in [5.74, 6) is -1.34. The molecule has 0 radical (unpaired) electrons. The summed E-state index contributed by atoms with van der Waals surface area (Å²) >= 11 is 0. The molecule has 1 aliphatic carbocycles. The van der Waals surface area contributed by atoms with Crippen molar-refractivity contribution in [1.82, 2.24) is 0 Å². The van der Waals surface area contributed by atoms with Crippen molar-refractivity contribution in [2.45, 2.75) is 42.1 Å². The van der Waals surface area contributed by atoms with Crippen LogP contribution in [0.5, 0.6) is 5.75 Å². The second-order valence-electron chi connectivity index (χ2n) is 5.77.